The fraction of sp³-hybridized carbons (Fsp3) is 0.706. The average Bonchev–Trinajstić information content (AvgIpc) is 3.24. The Morgan fingerprint density at radius 1 is 1.20 bits per heavy atom. The molecule has 2 saturated heterocycles. The number of nitrogens with zero attached hydrogens (tertiary/aromatic N) is 3. The van der Waals surface area contributed by atoms with E-state index in [1.54, 1.807) is 4.90 Å². The van der Waals surface area contributed by atoms with Crippen LogP contribution in [0, 0.1) is 11.8 Å². The molecule has 2 unspecified atom stereocenters. The summed E-state index contributed by atoms with van der Waals surface area (Å²) in [7, 11) is 0. The number of nitrogens with one attached hydrogen (secondary N) is 1. The van der Waals surface area contributed by atoms with Crippen molar-refractivity contribution in [2.24, 2.45) is 11.8 Å². The van der Waals surface area contributed by atoms with Crippen LogP contribution in [0.2, 0.25) is 0 Å². The normalized spacial score (nSPS) is 24.1. The van der Waals surface area contributed by atoms with Gasteiger partial charge < -0.3 is 19.5 Å². The fourth-order valence-electron chi connectivity index (χ4n) is 3.85. The van der Waals surface area contributed by atoms with Gasteiger partial charge in [-0.2, -0.15) is 0 Å². The molecule has 2 atom stereocenters. The molecule has 0 radical (unpaired) electrons. The molecule has 2 aliphatic rings. The van der Waals surface area contributed by atoms with E-state index in [9.17, 15) is 19.5 Å². The maximum Gasteiger partial charge on any atom is 0.328 e. The van der Waals surface area contributed by atoms with E-state index in [-0.39, 0.29) is 31.4 Å². The van der Waals surface area contributed by atoms with Crippen molar-refractivity contribution in [3.8, 4) is 0 Å². The van der Waals surface area contributed by atoms with Gasteiger partial charge >= 0.3 is 5.69 Å². The minimum Gasteiger partial charge on any atom is -0.396 e. The van der Waals surface area contributed by atoms with E-state index in [0.717, 1.165) is 19.6 Å². The van der Waals surface area contributed by atoms with Gasteiger partial charge in [0, 0.05) is 57.4 Å². The minimum absolute atomic E-state index is 0.0135. The summed E-state index contributed by atoms with van der Waals surface area (Å²) in [5, 5.41) is 9.64. The molecule has 0 aromatic carbocycles. The first kappa shape index (κ1) is 17.9. The molecule has 0 spiro atoms. The highest BCUT2D eigenvalue weighted by Crippen LogP contribution is 2.26. The zero-order chi connectivity index (χ0) is 17.8. The first-order valence-electron chi connectivity index (χ1n) is 8.97. The highest BCUT2D eigenvalue weighted by molar-refractivity contribution is 5.76. The number of aliphatic hydroxyl groups excluding tert-OH is 1. The number of aryl methyl sites for hydroxylation is 1. The van der Waals surface area contributed by atoms with E-state index in [1.165, 1.54) is 29.7 Å². The molecule has 2 N–H and O–H groups in total. The molecule has 0 bridgehead atoms. The van der Waals surface area contributed by atoms with Crippen LogP contribution in [0.1, 0.15) is 19.3 Å². The minimum atomic E-state index is -0.498. The second-order valence-electron chi connectivity index (χ2n) is 7.06. The smallest absolute Gasteiger partial charge is 0.328 e. The Kier molecular flexibility index (Phi) is 5.70. The van der Waals surface area contributed by atoms with Crippen LogP contribution in [0.5, 0.6) is 0 Å². The van der Waals surface area contributed by atoms with Crippen LogP contribution in [0.15, 0.2) is 21.9 Å². The molecule has 1 aromatic heterocycles. The molecular weight excluding hydrogens is 324 g/mol. The third-order valence-corrected chi connectivity index (χ3v) is 5.32. The van der Waals surface area contributed by atoms with Crippen molar-refractivity contribution in [1.29, 1.82) is 0 Å². The summed E-state index contributed by atoms with van der Waals surface area (Å²) in [6, 6.07) is 1.27. The fourth-order valence-corrected chi connectivity index (χ4v) is 3.85. The van der Waals surface area contributed by atoms with Crippen molar-refractivity contribution in [3.05, 3.63) is 33.1 Å². The van der Waals surface area contributed by atoms with E-state index in [0.29, 0.717) is 19.0 Å². The van der Waals surface area contributed by atoms with Gasteiger partial charge in [-0.05, 0) is 31.8 Å². The zero-order valence-corrected chi connectivity index (χ0v) is 14.4. The van der Waals surface area contributed by atoms with Crippen molar-refractivity contribution in [3.63, 3.8) is 0 Å². The van der Waals surface area contributed by atoms with Crippen molar-refractivity contribution < 1.29 is 9.90 Å². The molecule has 1 aromatic rings. The molecule has 8 nitrogen and oxygen atoms in total. The molecule has 2 fully saturated rings. The lowest BCUT2D eigenvalue weighted by molar-refractivity contribution is -0.130. The average molecular weight is 350 g/mol. The second-order valence-corrected chi connectivity index (χ2v) is 7.06. The third kappa shape index (κ3) is 4.38. The monoisotopic (exact) mass is 350 g/mol. The van der Waals surface area contributed by atoms with Gasteiger partial charge in [-0.1, -0.05) is 0 Å². The molecule has 1 amide bonds. The Morgan fingerprint density at radius 2 is 1.92 bits per heavy atom. The first-order chi connectivity index (χ1) is 12.1. The van der Waals surface area contributed by atoms with Crippen molar-refractivity contribution in [1.82, 2.24) is 19.4 Å². The van der Waals surface area contributed by atoms with Gasteiger partial charge in [0.25, 0.3) is 5.56 Å². The number of aromatic amines is 1. The van der Waals surface area contributed by atoms with E-state index in [4.69, 9.17) is 0 Å². The standard InChI is InChI=1S/C17H26N4O4/c22-12-14-11-21(10-13(14)9-19-5-1-2-6-19)16(24)4-8-20-7-3-15(23)18-17(20)25/h3,7,13-14,22H,1-2,4-6,8-12H2,(H,18,23,25). The van der Waals surface area contributed by atoms with Crippen LogP contribution in [-0.4, -0.2) is 69.7 Å². The second kappa shape index (κ2) is 7.97. The van der Waals surface area contributed by atoms with Crippen LogP contribution < -0.4 is 11.2 Å². The molecule has 3 heterocycles. The van der Waals surface area contributed by atoms with Crippen LogP contribution in [0.3, 0.4) is 0 Å². The molecule has 25 heavy (non-hydrogen) atoms. The van der Waals surface area contributed by atoms with Gasteiger partial charge in [-0.25, -0.2) is 4.79 Å². The molecule has 0 aliphatic carbocycles. The lowest BCUT2D eigenvalue weighted by atomic mass is 9.96. The molecule has 3 rings (SSSR count). The summed E-state index contributed by atoms with van der Waals surface area (Å²) < 4.78 is 1.33. The summed E-state index contributed by atoms with van der Waals surface area (Å²) in [4.78, 5) is 41.6. The molecule has 0 saturated carbocycles. The summed E-state index contributed by atoms with van der Waals surface area (Å²) in [5.41, 5.74) is -0.940. The Morgan fingerprint density at radius 3 is 2.60 bits per heavy atom. The van der Waals surface area contributed by atoms with E-state index >= 15 is 0 Å². The van der Waals surface area contributed by atoms with E-state index in [1.807, 2.05) is 0 Å². The maximum atomic E-state index is 12.5. The number of carbonyl (C=O) groups excluding carboxylic acids is 1. The number of hydrogen-bond acceptors (Lipinski definition) is 5. The van der Waals surface area contributed by atoms with Gasteiger partial charge in [-0.15, -0.1) is 0 Å². The molecular formula is C17H26N4O4. The van der Waals surface area contributed by atoms with E-state index in [2.05, 4.69) is 9.88 Å². The van der Waals surface area contributed by atoms with Gasteiger partial charge in [-0.3, -0.25) is 14.6 Å². The Hall–Kier alpha value is -1.93. The summed E-state index contributed by atoms with van der Waals surface area (Å²) in [6.07, 6.45) is 4.08. The van der Waals surface area contributed by atoms with Gasteiger partial charge in [0.05, 0.1) is 0 Å². The van der Waals surface area contributed by atoms with Crippen molar-refractivity contribution in [2.75, 3.05) is 39.3 Å². The molecule has 138 valence electrons. The maximum absolute atomic E-state index is 12.5. The summed E-state index contributed by atoms with van der Waals surface area (Å²) >= 11 is 0. The van der Waals surface area contributed by atoms with Crippen LogP contribution in [0.25, 0.3) is 0 Å². The molecule has 8 heteroatoms. The zero-order valence-electron chi connectivity index (χ0n) is 14.4. The third-order valence-electron chi connectivity index (χ3n) is 5.32. The lowest BCUT2D eigenvalue weighted by Crippen LogP contribution is -2.34. The van der Waals surface area contributed by atoms with Crippen LogP contribution >= 0.6 is 0 Å². The number of amides is 1. The lowest BCUT2D eigenvalue weighted by Gasteiger charge is -2.22. The number of rotatable bonds is 6. The van der Waals surface area contributed by atoms with Crippen molar-refractivity contribution >= 4 is 5.91 Å². The SMILES string of the molecule is O=C(CCn1ccc(=O)[nH]c1=O)N1CC(CO)C(CN2CCCC2)C1. The van der Waals surface area contributed by atoms with Gasteiger partial charge in [0.2, 0.25) is 5.91 Å². The number of aromatic nitrogens is 2. The predicted molar refractivity (Wildman–Crippen MR) is 92.3 cm³/mol. The summed E-state index contributed by atoms with van der Waals surface area (Å²) in [5.74, 6) is 0.420. The summed E-state index contributed by atoms with van der Waals surface area (Å²) in [6.45, 7) is 4.74. The number of aliphatic hydroxyl groups is 1. The largest absolute Gasteiger partial charge is 0.396 e. The van der Waals surface area contributed by atoms with Gasteiger partial charge in [0.15, 0.2) is 0 Å². The number of carbonyl (C=O) groups is 1. The Balaban J connectivity index is 1.54. The number of H-pyrrole nitrogens is 1. The Bertz CT molecular complexity index is 707. The predicted octanol–water partition coefficient (Wildman–Crippen LogP) is -0.911. The van der Waals surface area contributed by atoms with Crippen molar-refractivity contribution in [2.45, 2.75) is 25.8 Å². The number of likely N-dealkylation sites (tertiary alicyclic amines) is 2. The van der Waals surface area contributed by atoms with Crippen LogP contribution in [0.4, 0.5) is 0 Å². The van der Waals surface area contributed by atoms with Crippen LogP contribution in [-0.2, 0) is 11.3 Å². The number of hydrogen-bond donors (Lipinski definition) is 2. The van der Waals surface area contributed by atoms with Gasteiger partial charge in [0.1, 0.15) is 0 Å². The highest BCUT2D eigenvalue weighted by Gasteiger charge is 2.35. The highest BCUT2D eigenvalue weighted by atomic mass is 16.3. The quantitative estimate of drug-likeness (QED) is 0.692. The Labute approximate surface area is 146 Å². The molecule has 2 aliphatic heterocycles. The van der Waals surface area contributed by atoms with E-state index < -0.39 is 11.2 Å². The first-order valence-corrected chi connectivity index (χ1v) is 8.97. The topological polar surface area (TPSA) is 98.6 Å².